The van der Waals surface area contributed by atoms with Crippen molar-refractivity contribution in [2.24, 2.45) is 0 Å². The Morgan fingerprint density at radius 1 is 1.00 bits per heavy atom. The highest BCUT2D eigenvalue weighted by Gasteiger charge is 2.18. The fourth-order valence-electron chi connectivity index (χ4n) is 2.68. The summed E-state index contributed by atoms with van der Waals surface area (Å²) in [6.45, 7) is 0. The molecule has 126 valence electrons. The first-order chi connectivity index (χ1) is 12.1. The van der Waals surface area contributed by atoms with Crippen LogP contribution in [0, 0.1) is 0 Å². The van der Waals surface area contributed by atoms with Gasteiger partial charge >= 0.3 is 0 Å². The van der Waals surface area contributed by atoms with E-state index in [4.69, 9.17) is 32.7 Å². The van der Waals surface area contributed by atoms with E-state index in [1.807, 2.05) is 12.1 Å². The fraction of sp³-hybridized carbons (Fsp3) is 0.125. The largest absolute Gasteiger partial charge is 0.497 e. The number of halogens is 2. The molecular formula is C16H11Cl2N5O2. The van der Waals surface area contributed by atoms with Crippen LogP contribution in [0.25, 0.3) is 27.8 Å². The average molecular weight is 376 g/mol. The number of fused-ring (bicyclic) bond motifs is 3. The number of ether oxygens (including phenoxy) is 2. The first-order valence-electron chi connectivity index (χ1n) is 7.19. The molecule has 3 heterocycles. The van der Waals surface area contributed by atoms with Gasteiger partial charge in [-0.15, -0.1) is 10.2 Å². The van der Waals surface area contributed by atoms with Crippen LogP contribution in [0.15, 0.2) is 30.7 Å². The third-order valence-corrected chi connectivity index (χ3v) is 4.41. The summed E-state index contributed by atoms with van der Waals surface area (Å²) in [5.74, 6) is 1.11. The fourth-order valence-corrected chi connectivity index (χ4v) is 3.10. The number of pyridine rings is 1. The molecule has 0 bridgehead atoms. The van der Waals surface area contributed by atoms with Crippen LogP contribution in [-0.4, -0.2) is 38.8 Å². The van der Waals surface area contributed by atoms with Crippen LogP contribution in [-0.2, 0) is 0 Å². The third-order valence-electron chi connectivity index (χ3n) is 3.84. The van der Waals surface area contributed by atoms with Crippen molar-refractivity contribution < 1.29 is 9.47 Å². The Labute approximate surface area is 152 Å². The Bertz CT molecular complexity index is 1110. The molecule has 0 aliphatic heterocycles. The van der Waals surface area contributed by atoms with Crippen molar-refractivity contribution in [3.8, 4) is 22.6 Å². The minimum absolute atomic E-state index is 0.149. The van der Waals surface area contributed by atoms with Crippen molar-refractivity contribution in [3.63, 3.8) is 0 Å². The van der Waals surface area contributed by atoms with E-state index >= 15 is 0 Å². The number of benzene rings is 1. The molecule has 1 aromatic carbocycles. The summed E-state index contributed by atoms with van der Waals surface area (Å²) in [5, 5.41) is 9.55. The van der Waals surface area contributed by atoms with Crippen LogP contribution in [0.3, 0.4) is 0 Å². The van der Waals surface area contributed by atoms with Crippen molar-refractivity contribution >= 4 is 39.9 Å². The minimum Gasteiger partial charge on any atom is -0.497 e. The lowest BCUT2D eigenvalue weighted by atomic mass is 10.0. The second-order valence-corrected chi connectivity index (χ2v) is 5.91. The van der Waals surface area contributed by atoms with Gasteiger partial charge in [0.25, 0.3) is 0 Å². The molecule has 0 amide bonds. The van der Waals surface area contributed by atoms with Crippen molar-refractivity contribution in [1.29, 1.82) is 0 Å². The lowest BCUT2D eigenvalue weighted by Gasteiger charge is -2.13. The van der Waals surface area contributed by atoms with Crippen molar-refractivity contribution in [1.82, 2.24) is 24.6 Å². The van der Waals surface area contributed by atoms with Gasteiger partial charge in [0.15, 0.2) is 11.3 Å². The van der Waals surface area contributed by atoms with E-state index in [1.165, 1.54) is 0 Å². The topological polar surface area (TPSA) is 74.4 Å². The van der Waals surface area contributed by atoms with Crippen LogP contribution in [0.1, 0.15) is 0 Å². The lowest BCUT2D eigenvalue weighted by molar-refractivity contribution is 0.395. The van der Waals surface area contributed by atoms with Gasteiger partial charge in [0, 0.05) is 28.8 Å². The van der Waals surface area contributed by atoms with E-state index in [2.05, 4.69) is 20.2 Å². The molecule has 4 aromatic rings. The Kier molecular flexibility index (Phi) is 3.82. The quantitative estimate of drug-likeness (QED) is 0.508. The summed E-state index contributed by atoms with van der Waals surface area (Å²) < 4.78 is 12.4. The van der Waals surface area contributed by atoms with E-state index in [-0.39, 0.29) is 5.28 Å². The molecule has 3 aromatic heterocycles. The molecule has 7 nitrogen and oxygen atoms in total. The maximum Gasteiger partial charge on any atom is 0.224 e. The van der Waals surface area contributed by atoms with Gasteiger partial charge < -0.3 is 9.47 Å². The van der Waals surface area contributed by atoms with Gasteiger partial charge in [-0.25, -0.2) is 4.98 Å². The smallest absolute Gasteiger partial charge is 0.224 e. The molecule has 0 radical (unpaired) electrons. The number of hydrogen-bond donors (Lipinski definition) is 0. The van der Waals surface area contributed by atoms with Gasteiger partial charge in [0.2, 0.25) is 5.28 Å². The van der Waals surface area contributed by atoms with Gasteiger partial charge in [-0.1, -0.05) is 11.6 Å². The molecule has 0 unspecified atom stereocenters. The van der Waals surface area contributed by atoms with E-state index in [9.17, 15) is 0 Å². The summed E-state index contributed by atoms with van der Waals surface area (Å²) in [7, 11) is 3.13. The normalized spacial score (nSPS) is 11.2. The van der Waals surface area contributed by atoms with E-state index in [0.29, 0.717) is 33.4 Å². The molecule has 0 saturated carbocycles. The second-order valence-electron chi connectivity index (χ2n) is 5.19. The second kappa shape index (κ2) is 6.02. The number of nitrogens with zero attached hydrogens (tertiary/aromatic N) is 5. The molecule has 0 saturated heterocycles. The highest BCUT2D eigenvalue weighted by molar-refractivity contribution is 6.35. The predicted octanol–water partition coefficient (Wildman–Crippen LogP) is 3.66. The first-order valence-corrected chi connectivity index (χ1v) is 7.95. The SMILES string of the molecule is COc1cc(OC)c(Cl)c(-c2cc3cnc(Cl)nc3n3cnnc23)c1. The number of aromatic nitrogens is 5. The summed E-state index contributed by atoms with van der Waals surface area (Å²) >= 11 is 12.4. The van der Waals surface area contributed by atoms with Gasteiger partial charge in [0.1, 0.15) is 17.8 Å². The van der Waals surface area contributed by atoms with Gasteiger partial charge in [-0.2, -0.15) is 4.98 Å². The maximum atomic E-state index is 6.53. The Hall–Kier alpha value is -2.64. The van der Waals surface area contributed by atoms with Crippen molar-refractivity contribution in [2.45, 2.75) is 0 Å². The highest BCUT2D eigenvalue weighted by atomic mass is 35.5. The molecule has 9 heteroatoms. The maximum absolute atomic E-state index is 6.53. The molecule has 0 aliphatic carbocycles. The van der Waals surface area contributed by atoms with Crippen LogP contribution in [0.2, 0.25) is 10.3 Å². The molecule has 0 atom stereocenters. The summed E-state index contributed by atoms with van der Waals surface area (Å²) in [6.07, 6.45) is 3.20. The standard InChI is InChI=1S/C16H11Cl2N5O2/c1-24-9-4-10(13(17)12(5-9)25-2)11-3-8-6-19-16(18)21-14(8)23-7-20-22-15(11)23/h3-7H,1-2H3. The average Bonchev–Trinajstić information content (AvgIpc) is 3.12. The van der Waals surface area contributed by atoms with Gasteiger partial charge in [0.05, 0.1) is 19.2 Å². The summed E-state index contributed by atoms with van der Waals surface area (Å²) in [5.41, 5.74) is 2.64. The third kappa shape index (κ3) is 2.52. The van der Waals surface area contributed by atoms with Crippen LogP contribution < -0.4 is 9.47 Å². The van der Waals surface area contributed by atoms with E-state index < -0.39 is 0 Å². The molecule has 4 rings (SSSR count). The Morgan fingerprint density at radius 3 is 2.60 bits per heavy atom. The molecule has 0 N–H and O–H groups in total. The van der Waals surface area contributed by atoms with Crippen LogP contribution in [0.4, 0.5) is 0 Å². The first kappa shape index (κ1) is 15.9. The lowest BCUT2D eigenvalue weighted by Crippen LogP contribution is -1.97. The zero-order valence-electron chi connectivity index (χ0n) is 13.2. The molecule has 25 heavy (non-hydrogen) atoms. The zero-order valence-corrected chi connectivity index (χ0v) is 14.7. The zero-order chi connectivity index (χ0) is 17.6. The minimum atomic E-state index is 0.149. The Morgan fingerprint density at radius 2 is 1.84 bits per heavy atom. The van der Waals surface area contributed by atoms with Gasteiger partial charge in [-0.05, 0) is 23.7 Å². The predicted molar refractivity (Wildman–Crippen MR) is 94.6 cm³/mol. The highest BCUT2D eigenvalue weighted by Crippen LogP contribution is 2.41. The molecule has 0 spiro atoms. The number of hydrogen-bond acceptors (Lipinski definition) is 6. The molecule has 0 aliphatic rings. The van der Waals surface area contributed by atoms with E-state index in [1.54, 1.807) is 37.2 Å². The van der Waals surface area contributed by atoms with Crippen molar-refractivity contribution in [3.05, 3.63) is 41.0 Å². The van der Waals surface area contributed by atoms with Crippen LogP contribution >= 0.6 is 23.2 Å². The summed E-state index contributed by atoms with van der Waals surface area (Å²) in [6, 6.07) is 5.42. The van der Waals surface area contributed by atoms with E-state index in [0.717, 1.165) is 10.9 Å². The van der Waals surface area contributed by atoms with Crippen LogP contribution in [0.5, 0.6) is 11.5 Å². The number of rotatable bonds is 3. The molecule has 0 fully saturated rings. The van der Waals surface area contributed by atoms with Crippen molar-refractivity contribution in [2.75, 3.05) is 14.2 Å². The number of methoxy groups -OCH3 is 2. The Balaban J connectivity index is 2.10. The molecular weight excluding hydrogens is 365 g/mol. The summed E-state index contributed by atoms with van der Waals surface area (Å²) in [4.78, 5) is 8.30. The monoisotopic (exact) mass is 375 g/mol. The van der Waals surface area contributed by atoms with Gasteiger partial charge in [-0.3, -0.25) is 4.40 Å².